The summed E-state index contributed by atoms with van der Waals surface area (Å²) < 4.78 is 0. The van der Waals surface area contributed by atoms with E-state index in [1.807, 2.05) is 25.1 Å². The Labute approximate surface area is 86.9 Å². The molecule has 0 saturated heterocycles. The van der Waals surface area contributed by atoms with Gasteiger partial charge in [-0.1, -0.05) is 24.8 Å². The monoisotopic (exact) mass is 204 g/mol. The van der Waals surface area contributed by atoms with Crippen molar-refractivity contribution in [1.29, 1.82) is 5.41 Å². The summed E-state index contributed by atoms with van der Waals surface area (Å²) in [6.45, 7) is 2.02. The van der Waals surface area contributed by atoms with E-state index in [4.69, 9.17) is 5.41 Å². The summed E-state index contributed by atoms with van der Waals surface area (Å²) in [6, 6.07) is 5.75. The largest absolute Gasteiger partial charge is 0.369 e. The summed E-state index contributed by atoms with van der Waals surface area (Å²) in [4.78, 5) is 0. The fourth-order valence-electron chi connectivity index (χ4n) is 1.08. The lowest BCUT2D eigenvalue weighted by molar-refractivity contribution is 1.28. The van der Waals surface area contributed by atoms with Crippen LogP contribution < -0.4 is 5.09 Å². The molecule has 0 radical (unpaired) electrons. The summed E-state index contributed by atoms with van der Waals surface area (Å²) in [5.74, 6) is 6.06. The van der Waals surface area contributed by atoms with E-state index in [9.17, 15) is 0 Å². The van der Waals surface area contributed by atoms with Gasteiger partial charge in [0.2, 0.25) is 0 Å². The first-order valence-corrected chi connectivity index (χ1v) is 4.99. The van der Waals surface area contributed by atoms with E-state index in [0.29, 0.717) is 0 Å². The molecule has 0 aliphatic heterocycles. The van der Waals surface area contributed by atoms with Crippen LogP contribution in [0.2, 0.25) is 0 Å². The van der Waals surface area contributed by atoms with E-state index in [1.54, 1.807) is 0 Å². The molecule has 14 heavy (non-hydrogen) atoms. The van der Waals surface area contributed by atoms with E-state index < -0.39 is 0 Å². The molecule has 2 nitrogen and oxygen atoms in total. The van der Waals surface area contributed by atoms with Crippen LogP contribution in [0.25, 0.3) is 0 Å². The second kappa shape index (κ2) is 5.42. The van der Waals surface area contributed by atoms with E-state index in [2.05, 4.69) is 26.3 Å². The third-order valence-corrected chi connectivity index (χ3v) is 2.08. The number of nitrogens with one attached hydrogen (secondary N) is 2. The van der Waals surface area contributed by atoms with Crippen LogP contribution in [-0.4, -0.2) is 6.21 Å². The molecular weight excluding hydrogens is 191 g/mol. The van der Waals surface area contributed by atoms with Crippen LogP contribution in [0.4, 0.5) is 5.69 Å². The highest BCUT2D eigenvalue weighted by Gasteiger charge is 1.97. The van der Waals surface area contributed by atoms with Gasteiger partial charge in [0.05, 0.1) is 0 Å². The summed E-state index contributed by atoms with van der Waals surface area (Å²) in [5, 5.41) is 10.1. The van der Waals surface area contributed by atoms with E-state index in [0.717, 1.165) is 23.2 Å². The van der Waals surface area contributed by atoms with E-state index in [1.165, 1.54) is 6.21 Å². The van der Waals surface area contributed by atoms with Gasteiger partial charge in [-0.25, -0.2) is 0 Å². The molecule has 1 aromatic carbocycles. The number of hydrogen-bond acceptors (Lipinski definition) is 2. The van der Waals surface area contributed by atoms with Crippen LogP contribution in [0.3, 0.4) is 0 Å². The molecule has 0 saturated carbocycles. The van der Waals surface area contributed by atoms with Crippen molar-refractivity contribution in [2.24, 2.45) is 0 Å². The minimum absolute atomic E-state index is 0.857. The Morgan fingerprint density at radius 2 is 2.36 bits per heavy atom. The number of anilines is 1. The Bertz CT molecular complexity index is 388. The Balaban J connectivity index is 3.07. The summed E-state index contributed by atoms with van der Waals surface area (Å²) in [7, 11) is 2.43. The molecule has 1 aromatic rings. The molecule has 0 spiro atoms. The molecule has 0 aromatic heterocycles. The van der Waals surface area contributed by atoms with Crippen LogP contribution in [-0.2, 0) is 0 Å². The highest BCUT2D eigenvalue weighted by molar-refractivity contribution is 7.18. The Morgan fingerprint density at radius 1 is 1.57 bits per heavy atom. The average Bonchev–Trinajstić information content (AvgIpc) is 2.25. The van der Waals surface area contributed by atoms with Gasteiger partial charge in [-0.05, 0) is 21.5 Å². The first kappa shape index (κ1) is 10.8. The molecule has 0 aliphatic rings. The van der Waals surface area contributed by atoms with Crippen molar-refractivity contribution in [2.75, 3.05) is 5.09 Å². The fraction of sp³-hybridized carbons (Fsp3) is 0.182. The normalized spacial score (nSPS) is 8.71. The topological polar surface area (TPSA) is 35.9 Å². The van der Waals surface area contributed by atoms with Crippen molar-refractivity contribution < 1.29 is 0 Å². The first-order valence-electron chi connectivity index (χ1n) is 4.41. The van der Waals surface area contributed by atoms with Crippen LogP contribution in [0, 0.1) is 17.3 Å². The standard InChI is InChI=1S/C11H13N2P/c1-2-3-4-9-5-6-10(8-12)11(7-9)13-14/h5-8,12-13H,2,14H2,1H3. The third kappa shape index (κ3) is 2.58. The quantitative estimate of drug-likeness (QED) is 0.433. The molecule has 3 heteroatoms. The molecule has 2 N–H and O–H groups in total. The average molecular weight is 204 g/mol. The van der Waals surface area contributed by atoms with Crippen LogP contribution in [0.15, 0.2) is 18.2 Å². The molecular formula is C11H13N2P. The van der Waals surface area contributed by atoms with Gasteiger partial charge in [-0.3, -0.25) is 0 Å². The van der Waals surface area contributed by atoms with Crippen molar-refractivity contribution in [3.05, 3.63) is 29.3 Å². The van der Waals surface area contributed by atoms with Crippen molar-refractivity contribution in [3.63, 3.8) is 0 Å². The molecule has 0 fully saturated rings. The second-order valence-corrected chi connectivity index (χ2v) is 3.03. The van der Waals surface area contributed by atoms with Gasteiger partial charge < -0.3 is 10.5 Å². The predicted octanol–water partition coefficient (Wildman–Crippen LogP) is 2.65. The van der Waals surface area contributed by atoms with Crippen molar-refractivity contribution in [2.45, 2.75) is 13.3 Å². The molecule has 0 aliphatic carbocycles. The zero-order valence-corrected chi connectivity index (χ0v) is 9.25. The third-order valence-electron chi connectivity index (χ3n) is 1.77. The molecule has 0 heterocycles. The molecule has 1 atom stereocenters. The maximum absolute atomic E-state index is 7.19. The van der Waals surface area contributed by atoms with Crippen molar-refractivity contribution in [3.8, 4) is 11.8 Å². The summed E-state index contributed by atoms with van der Waals surface area (Å²) in [5.41, 5.74) is 2.75. The zero-order valence-electron chi connectivity index (χ0n) is 8.09. The van der Waals surface area contributed by atoms with Crippen molar-refractivity contribution in [1.82, 2.24) is 0 Å². The number of hydrogen-bond donors (Lipinski definition) is 2. The minimum Gasteiger partial charge on any atom is -0.369 e. The SMILES string of the molecule is CCC#Cc1ccc(C=N)c(NP)c1. The van der Waals surface area contributed by atoms with Gasteiger partial charge in [0.15, 0.2) is 0 Å². The summed E-state index contributed by atoms with van der Waals surface area (Å²) >= 11 is 0. The number of rotatable bonds is 2. The van der Waals surface area contributed by atoms with E-state index >= 15 is 0 Å². The zero-order chi connectivity index (χ0) is 10.4. The lowest BCUT2D eigenvalue weighted by atomic mass is 10.1. The molecule has 0 bridgehead atoms. The fourth-order valence-corrected chi connectivity index (χ4v) is 1.33. The second-order valence-electron chi connectivity index (χ2n) is 2.75. The number of benzene rings is 1. The first-order chi connectivity index (χ1) is 6.81. The van der Waals surface area contributed by atoms with Crippen LogP contribution in [0.5, 0.6) is 0 Å². The van der Waals surface area contributed by atoms with Gasteiger partial charge in [0.25, 0.3) is 0 Å². The maximum atomic E-state index is 7.19. The molecule has 72 valence electrons. The maximum Gasteiger partial charge on any atom is 0.0470 e. The van der Waals surface area contributed by atoms with Gasteiger partial charge in [-0.2, -0.15) is 0 Å². The highest BCUT2D eigenvalue weighted by Crippen LogP contribution is 2.17. The van der Waals surface area contributed by atoms with Gasteiger partial charge >= 0.3 is 0 Å². The molecule has 1 rings (SSSR count). The Morgan fingerprint density at radius 3 is 2.93 bits per heavy atom. The van der Waals surface area contributed by atoms with Crippen LogP contribution >= 0.6 is 9.39 Å². The van der Waals surface area contributed by atoms with Gasteiger partial charge in [0.1, 0.15) is 0 Å². The molecule has 0 amide bonds. The van der Waals surface area contributed by atoms with Gasteiger partial charge in [-0.15, -0.1) is 0 Å². The highest BCUT2D eigenvalue weighted by atomic mass is 31.0. The lowest BCUT2D eigenvalue weighted by Gasteiger charge is -2.04. The molecule has 1 unspecified atom stereocenters. The van der Waals surface area contributed by atoms with Crippen LogP contribution in [0.1, 0.15) is 24.5 Å². The summed E-state index contributed by atoms with van der Waals surface area (Å²) in [6.07, 6.45) is 2.18. The van der Waals surface area contributed by atoms with Crippen molar-refractivity contribution >= 4 is 21.3 Å². The van der Waals surface area contributed by atoms with Gasteiger partial charge in [0, 0.05) is 29.4 Å². The smallest absolute Gasteiger partial charge is 0.0470 e. The predicted molar refractivity (Wildman–Crippen MR) is 64.8 cm³/mol. The van der Waals surface area contributed by atoms with E-state index in [-0.39, 0.29) is 0 Å². The Kier molecular flexibility index (Phi) is 4.16. The minimum atomic E-state index is 0.857. The lowest BCUT2D eigenvalue weighted by Crippen LogP contribution is -1.89. The Hall–Kier alpha value is -1.32.